The van der Waals surface area contributed by atoms with Crippen molar-refractivity contribution in [2.45, 2.75) is 64.9 Å². The molecule has 2 bridgehead atoms. The molecule has 7 atom stereocenters. The van der Waals surface area contributed by atoms with Crippen LogP contribution >= 0.6 is 0 Å². The van der Waals surface area contributed by atoms with Gasteiger partial charge in [-0.15, -0.1) is 0 Å². The number of carbonyl (C=O) groups is 2. The van der Waals surface area contributed by atoms with Gasteiger partial charge in [0, 0.05) is 17.4 Å². The molecule has 0 amide bonds. The summed E-state index contributed by atoms with van der Waals surface area (Å²) in [5, 5.41) is 22.3. The Labute approximate surface area is 206 Å². The average Bonchev–Trinajstić information content (AvgIpc) is 3.31. The van der Waals surface area contributed by atoms with E-state index in [9.17, 15) is 19.8 Å². The van der Waals surface area contributed by atoms with Gasteiger partial charge in [-0.2, -0.15) is 0 Å². The van der Waals surface area contributed by atoms with Crippen LogP contribution in [0.2, 0.25) is 0 Å². The normalized spacial score (nSPS) is 38.1. The number of ether oxygens (including phenoxy) is 1. The van der Waals surface area contributed by atoms with Gasteiger partial charge in [0.25, 0.3) is 0 Å². The zero-order valence-electron chi connectivity index (χ0n) is 20.9. The first kappa shape index (κ1) is 22.6. The van der Waals surface area contributed by atoms with E-state index in [0.29, 0.717) is 30.0 Å². The maximum absolute atomic E-state index is 12.4. The minimum atomic E-state index is -0.500. The van der Waals surface area contributed by atoms with Gasteiger partial charge in [-0.1, -0.05) is 58.0 Å². The third-order valence-corrected chi connectivity index (χ3v) is 10.7. The van der Waals surface area contributed by atoms with E-state index in [1.807, 2.05) is 18.2 Å². The number of hydrogen-bond acceptors (Lipinski definition) is 5. The van der Waals surface area contributed by atoms with Crippen LogP contribution in [0.1, 0.15) is 91.1 Å². The van der Waals surface area contributed by atoms with E-state index in [-0.39, 0.29) is 51.2 Å². The summed E-state index contributed by atoms with van der Waals surface area (Å²) in [7, 11) is 0. The van der Waals surface area contributed by atoms with Crippen LogP contribution in [-0.2, 0) is 0 Å². The Morgan fingerprint density at radius 2 is 1.63 bits per heavy atom. The summed E-state index contributed by atoms with van der Waals surface area (Å²) >= 11 is 0. The Kier molecular flexibility index (Phi) is 4.60. The van der Waals surface area contributed by atoms with E-state index in [4.69, 9.17) is 4.74 Å². The Morgan fingerprint density at radius 3 is 2.29 bits per heavy atom. The average molecular weight is 475 g/mol. The molecule has 4 aliphatic rings. The summed E-state index contributed by atoms with van der Waals surface area (Å²) in [5.74, 6) is 0.765. The van der Waals surface area contributed by atoms with E-state index < -0.39 is 11.4 Å². The fourth-order valence-electron chi connectivity index (χ4n) is 8.89. The van der Waals surface area contributed by atoms with Gasteiger partial charge in [-0.25, -0.2) is 0 Å². The Balaban J connectivity index is 1.73. The highest BCUT2D eigenvalue weighted by molar-refractivity contribution is 5.95. The van der Waals surface area contributed by atoms with E-state index in [1.54, 1.807) is 0 Å². The predicted octanol–water partition coefficient (Wildman–Crippen LogP) is 6.10. The van der Waals surface area contributed by atoms with Crippen LogP contribution in [0.15, 0.2) is 30.3 Å². The molecule has 0 saturated heterocycles. The molecule has 6 rings (SSSR count). The summed E-state index contributed by atoms with van der Waals surface area (Å²) in [5.41, 5.74) is 0.652. The van der Waals surface area contributed by atoms with Gasteiger partial charge in [-0.3, -0.25) is 9.59 Å². The molecule has 1 heterocycles. The molecule has 184 valence electrons. The number of phenols is 2. The molecule has 0 radical (unpaired) electrons. The van der Waals surface area contributed by atoms with Crippen molar-refractivity contribution in [1.29, 1.82) is 0 Å². The van der Waals surface area contributed by atoms with E-state index >= 15 is 0 Å². The molecule has 3 fully saturated rings. The van der Waals surface area contributed by atoms with Crippen LogP contribution in [0, 0.1) is 34.5 Å². The lowest BCUT2D eigenvalue weighted by atomic mass is 9.59. The van der Waals surface area contributed by atoms with Gasteiger partial charge < -0.3 is 14.9 Å². The molecule has 0 unspecified atom stereocenters. The van der Waals surface area contributed by atoms with Crippen LogP contribution in [-0.4, -0.2) is 28.4 Å². The molecule has 5 nitrogen and oxygen atoms in total. The van der Waals surface area contributed by atoms with Gasteiger partial charge in [0.05, 0.1) is 11.1 Å². The Bertz CT molecular complexity index is 1230. The zero-order valence-corrected chi connectivity index (χ0v) is 20.9. The van der Waals surface area contributed by atoms with Gasteiger partial charge in [0.1, 0.15) is 22.8 Å². The summed E-state index contributed by atoms with van der Waals surface area (Å²) < 4.78 is 7.05. The Morgan fingerprint density at radius 1 is 0.943 bits per heavy atom. The summed E-state index contributed by atoms with van der Waals surface area (Å²) in [6, 6.07) is 10.1. The van der Waals surface area contributed by atoms with Crippen molar-refractivity contribution in [3.05, 3.63) is 52.6 Å². The highest BCUT2D eigenvalue weighted by Gasteiger charge is 2.75. The first-order chi connectivity index (χ1) is 16.6. The third-order valence-electron chi connectivity index (χ3n) is 10.7. The number of aldehydes is 2. The second-order valence-electron chi connectivity index (χ2n) is 12.3. The van der Waals surface area contributed by atoms with Crippen molar-refractivity contribution in [3.63, 3.8) is 0 Å². The molecule has 2 N–H and O–H groups in total. The van der Waals surface area contributed by atoms with Crippen molar-refractivity contribution in [1.82, 2.24) is 0 Å². The largest absolute Gasteiger partial charge is 0.507 e. The lowest BCUT2D eigenvalue weighted by Crippen LogP contribution is -2.50. The SMILES string of the molecule is C[C@H]1CC[C@@H]2[C@H]([C@@H]3[C@]4(C)CC[C@@]31Oc1c(C=O)c(O)c(C=O)c(O)c1[C@@H]4c1ccccc1)C2(C)C. The van der Waals surface area contributed by atoms with Crippen LogP contribution in [0.4, 0.5) is 0 Å². The van der Waals surface area contributed by atoms with Crippen molar-refractivity contribution >= 4 is 12.6 Å². The molecule has 0 spiro atoms. The van der Waals surface area contributed by atoms with Gasteiger partial charge in [-0.05, 0) is 59.8 Å². The molecular formula is C30H34O5. The van der Waals surface area contributed by atoms with Crippen LogP contribution < -0.4 is 4.74 Å². The van der Waals surface area contributed by atoms with Crippen LogP contribution in [0.5, 0.6) is 17.2 Å². The second kappa shape index (κ2) is 7.11. The molecule has 35 heavy (non-hydrogen) atoms. The number of rotatable bonds is 3. The maximum Gasteiger partial charge on any atom is 0.157 e. The molecular weight excluding hydrogens is 440 g/mol. The zero-order chi connectivity index (χ0) is 24.9. The van der Waals surface area contributed by atoms with Crippen molar-refractivity contribution < 1.29 is 24.5 Å². The molecule has 0 aromatic heterocycles. The topological polar surface area (TPSA) is 83.8 Å². The van der Waals surface area contributed by atoms with E-state index in [1.165, 1.54) is 6.42 Å². The summed E-state index contributed by atoms with van der Waals surface area (Å²) in [6.07, 6.45) is 5.01. The Hall–Kier alpha value is -2.82. The second-order valence-corrected chi connectivity index (χ2v) is 12.3. The fraction of sp³-hybridized carbons (Fsp3) is 0.533. The van der Waals surface area contributed by atoms with Gasteiger partial charge in [0.15, 0.2) is 12.6 Å². The lowest BCUT2D eigenvalue weighted by molar-refractivity contribution is -0.0512. The fourth-order valence-corrected chi connectivity index (χ4v) is 8.89. The maximum atomic E-state index is 12.4. The van der Waals surface area contributed by atoms with Crippen molar-refractivity contribution in [2.75, 3.05) is 0 Å². The summed E-state index contributed by atoms with van der Waals surface area (Å²) in [4.78, 5) is 24.4. The molecule has 5 heteroatoms. The van der Waals surface area contributed by atoms with Crippen molar-refractivity contribution in [3.8, 4) is 17.2 Å². The monoisotopic (exact) mass is 474 g/mol. The van der Waals surface area contributed by atoms with Gasteiger partial charge in [0.2, 0.25) is 0 Å². The number of aromatic hydroxyl groups is 2. The molecule has 2 aromatic carbocycles. The highest BCUT2D eigenvalue weighted by Crippen LogP contribution is 2.78. The molecule has 2 aromatic rings. The standard InChI is InChI=1S/C30H34O5/c1-16-10-11-20-23(28(20,2)3)27-29(4)12-13-30(16,27)35-26-19(15-32)24(33)18(14-31)25(34)21(26)22(29)17-8-6-5-7-9-17/h5-9,14-16,20,22-23,27,33-34H,10-13H2,1-4H3/t16-,20+,22-,23+,27+,29+,30-/m0/s1. The molecule has 1 aliphatic heterocycles. The highest BCUT2D eigenvalue weighted by atomic mass is 16.5. The number of hydrogen-bond donors (Lipinski definition) is 2. The lowest BCUT2D eigenvalue weighted by Gasteiger charge is -2.45. The third kappa shape index (κ3) is 2.65. The number of fused-ring (bicyclic) bond motifs is 2. The van der Waals surface area contributed by atoms with Crippen molar-refractivity contribution in [2.24, 2.45) is 34.5 Å². The minimum absolute atomic E-state index is 0.0341. The first-order valence-electron chi connectivity index (χ1n) is 12.9. The number of carbonyl (C=O) groups excluding carboxylic acids is 2. The molecule has 3 aliphatic carbocycles. The smallest absolute Gasteiger partial charge is 0.157 e. The van der Waals surface area contributed by atoms with Gasteiger partial charge >= 0.3 is 0 Å². The van der Waals surface area contributed by atoms with E-state index in [2.05, 4.69) is 39.8 Å². The minimum Gasteiger partial charge on any atom is -0.507 e. The molecule has 3 saturated carbocycles. The number of phenolic OH excluding ortho intramolecular Hbond substituents is 2. The van der Waals surface area contributed by atoms with Crippen LogP contribution in [0.25, 0.3) is 0 Å². The first-order valence-corrected chi connectivity index (χ1v) is 12.9. The summed E-state index contributed by atoms with van der Waals surface area (Å²) in [6.45, 7) is 9.33. The van der Waals surface area contributed by atoms with Crippen LogP contribution in [0.3, 0.4) is 0 Å². The number of benzene rings is 2. The predicted molar refractivity (Wildman–Crippen MR) is 132 cm³/mol. The van der Waals surface area contributed by atoms with E-state index in [0.717, 1.165) is 24.8 Å². The quantitative estimate of drug-likeness (QED) is 0.525.